The summed E-state index contributed by atoms with van der Waals surface area (Å²) in [5.74, 6) is 0. The topological polar surface area (TPSA) is 47.6 Å². The van der Waals surface area contributed by atoms with Crippen molar-refractivity contribution in [2.75, 3.05) is 53.0 Å². The molecule has 0 aliphatic carbocycles. The summed E-state index contributed by atoms with van der Waals surface area (Å²) in [4.78, 5) is 11.7. The second-order valence-electron chi connectivity index (χ2n) is 9.77. The number of quaternary nitrogens is 1. The maximum Gasteiger partial charge on any atom is 0.407 e. The van der Waals surface area contributed by atoms with Gasteiger partial charge in [0.1, 0.15) is 13.1 Å². The van der Waals surface area contributed by atoms with Gasteiger partial charge in [-0.2, -0.15) is 0 Å². The Hall–Kier alpha value is -0.0800. The molecule has 32 heavy (non-hydrogen) atoms. The molecule has 0 unspecified atom stereocenters. The SMILES string of the molecule is CCCCCCCCCCCCCCOC(=O)NCCCCCC[N+]1(C)CCOCC1.[I-]. The zero-order valence-electron chi connectivity index (χ0n) is 21.3. The summed E-state index contributed by atoms with van der Waals surface area (Å²) in [7, 11) is 2.34. The van der Waals surface area contributed by atoms with E-state index in [0.717, 1.165) is 50.2 Å². The van der Waals surface area contributed by atoms with Crippen molar-refractivity contribution in [3.8, 4) is 0 Å². The fraction of sp³-hybridized carbons (Fsp3) is 0.962. The monoisotopic (exact) mass is 568 g/mol. The summed E-state index contributed by atoms with van der Waals surface area (Å²) in [5, 5.41) is 2.89. The zero-order chi connectivity index (χ0) is 22.5. The molecule has 6 heteroatoms. The fourth-order valence-electron chi connectivity index (χ4n) is 4.33. The molecular weight excluding hydrogens is 515 g/mol. The van der Waals surface area contributed by atoms with Crippen LogP contribution < -0.4 is 29.3 Å². The molecule has 0 aromatic heterocycles. The van der Waals surface area contributed by atoms with Crippen molar-refractivity contribution in [1.29, 1.82) is 0 Å². The molecule has 0 aromatic rings. The number of nitrogens with one attached hydrogen (secondary N) is 1. The van der Waals surface area contributed by atoms with E-state index in [2.05, 4.69) is 19.3 Å². The van der Waals surface area contributed by atoms with Crippen molar-refractivity contribution in [3.63, 3.8) is 0 Å². The minimum Gasteiger partial charge on any atom is -1.00 e. The summed E-state index contributed by atoms with van der Waals surface area (Å²) >= 11 is 0. The van der Waals surface area contributed by atoms with Crippen molar-refractivity contribution >= 4 is 6.09 Å². The first kappa shape index (κ1) is 31.9. The molecule has 1 fully saturated rings. The number of carbonyl (C=O) groups is 1. The van der Waals surface area contributed by atoms with E-state index in [1.54, 1.807) is 0 Å². The molecule has 5 nitrogen and oxygen atoms in total. The third-order valence-electron chi connectivity index (χ3n) is 6.68. The smallest absolute Gasteiger partial charge is 0.407 e. The van der Waals surface area contributed by atoms with E-state index in [4.69, 9.17) is 9.47 Å². The Labute approximate surface area is 216 Å². The van der Waals surface area contributed by atoms with Gasteiger partial charge in [0.15, 0.2) is 0 Å². The predicted octanol–water partition coefficient (Wildman–Crippen LogP) is 3.45. The Morgan fingerprint density at radius 2 is 1.28 bits per heavy atom. The molecule has 1 saturated heterocycles. The van der Waals surface area contributed by atoms with Crippen LogP contribution >= 0.6 is 0 Å². The number of halogens is 1. The summed E-state index contributed by atoms with van der Waals surface area (Å²) in [6.45, 7) is 8.91. The van der Waals surface area contributed by atoms with Crippen LogP contribution in [-0.2, 0) is 9.47 Å². The van der Waals surface area contributed by atoms with Gasteiger partial charge in [0.05, 0.1) is 33.4 Å². The number of likely N-dealkylation sites (N-methyl/N-ethyl adjacent to an activating group) is 1. The molecule has 1 heterocycles. The second kappa shape index (κ2) is 22.7. The lowest BCUT2D eigenvalue weighted by Gasteiger charge is -2.37. The second-order valence-corrected chi connectivity index (χ2v) is 9.77. The average Bonchev–Trinajstić information content (AvgIpc) is 2.76. The Kier molecular flexibility index (Phi) is 22.6. The molecule has 0 radical (unpaired) electrons. The van der Waals surface area contributed by atoms with Gasteiger partial charge in [0.2, 0.25) is 0 Å². The summed E-state index contributed by atoms with van der Waals surface area (Å²) in [5.41, 5.74) is 0. The number of rotatable bonds is 20. The number of unbranched alkanes of at least 4 members (excludes halogenated alkanes) is 14. The van der Waals surface area contributed by atoms with Crippen LogP contribution in [-0.4, -0.2) is 63.6 Å². The van der Waals surface area contributed by atoms with E-state index >= 15 is 0 Å². The van der Waals surface area contributed by atoms with Crippen LogP contribution in [0.3, 0.4) is 0 Å². The van der Waals surface area contributed by atoms with Crippen molar-refractivity contribution in [2.45, 2.75) is 110 Å². The number of ether oxygens (including phenoxy) is 2. The van der Waals surface area contributed by atoms with Crippen LogP contribution in [0, 0.1) is 0 Å². The van der Waals surface area contributed by atoms with Gasteiger partial charge in [-0.25, -0.2) is 4.79 Å². The number of carbonyl (C=O) groups excluding carboxylic acids is 1. The van der Waals surface area contributed by atoms with Crippen LogP contribution in [0.1, 0.15) is 110 Å². The Balaban J connectivity index is 0.00000961. The third-order valence-corrected chi connectivity index (χ3v) is 6.68. The molecule has 0 bridgehead atoms. The van der Waals surface area contributed by atoms with E-state index in [-0.39, 0.29) is 30.1 Å². The fourth-order valence-corrected chi connectivity index (χ4v) is 4.33. The van der Waals surface area contributed by atoms with Gasteiger partial charge in [-0.05, 0) is 25.7 Å². The molecule has 1 N–H and O–H groups in total. The number of morpholine rings is 1. The molecule has 1 aliphatic heterocycles. The molecule has 1 amide bonds. The van der Waals surface area contributed by atoms with E-state index in [0.29, 0.717) is 6.61 Å². The highest BCUT2D eigenvalue weighted by molar-refractivity contribution is 5.66. The van der Waals surface area contributed by atoms with E-state index in [1.165, 1.54) is 96.4 Å². The van der Waals surface area contributed by atoms with Crippen LogP contribution in [0.25, 0.3) is 0 Å². The van der Waals surface area contributed by atoms with Gasteiger partial charge in [0.25, 0.3) is 0 Å². The normalized spacial score (nSPS) is 15.2. The standard InChI is InChI=1S/C26H52N2O3.HI/c1-3-4-5-6-7-8-9-10-11-12-15-18-23-31-26(29)27-19-16-13-14-17-20-28(2)21-24-30-25-22-28;/h3-25H2,1-2H3;1H. The number of hydrogen-bond acceptors (Lipinski definition) is 3. The average molecular weight is 569 g/mol. The summed E-state index contributed by atoms with van der Waals surface area (Å²) < 4.78 is 11.9. The van der Waals surface area contributed by atoms with E-state index in [1.807, 2.05) is 0 Å². The first-order chi connectivity index (χ1) is 15.2. The largest absolute Gasteiger partial charge is 1.00 e. The van der Waals surface area contributed by atoms with Gasteiger partial charge in [0, 0.05) is 6.54 Å². The highest BCUT2D eigenvalue weighted by atomic mass is 127. The van der Waals surface area contributed by atoms with Gasteiger partial charge in [-0.15, -0.1) is 0 Å². The molecule has 192 valence electrons. The van der Waals surface area contributed by atoms with Crippen molar-refractivity contribution in [2.24, 2.45) is 0 Å². The Bertz CT molecular complexity index is 418. The quantitative estimate of drug-likeness (QED) is 0.139. The molecule has 0 atom stereocenters. The van der Waals surface area contributed by atoms with E-state index in [9.17, 15) is 4.79 Å². The lowest BCUT2D eigenvalue weighted by atomic mass is 10.1. The van der Waals surface area contributed by atoms with Crippen LogP contribution in [0.4, 0.5) is 4.79 Å². The molecule has 1 aliphatic rings. The minimum atomic E-state index is -0.241. The maximum absolute atomic E-state index is 11.7. The lowest BCUT2D eigenvalue weighted by Crippen LogP contribution is -3.00. The highest BCUT2D eigenvalue weighted by Gasteiger charge is 2.24. The molecule has 0 saturated carbocycles. The molecule has 0 aromatic carbocycles. The number of alkyl carbamates (subject to hydrolysis) is 1. The van der Waals surface area contributed by atoms with Crippen molar-refractivity contribution < 1.29 is 42.7 Å². The summed E-state index contributed by atoms with van der Waals surface area (Å²) in [6.07, 6.45) is 20.4. The number of nitrogens with zero attached hydrogens (tertiary/aromatic N) is 1. The van der Waals surface area contributed by atoms with E-state index < -0.39 is 0 Å². The van der Waals surface area contributed by atoms with Gasteiger partial charge in [-0.3, -0.25) is 0 Å². The van der Waals surface area contributed by atoms with Gasteiger partial charge < -0.3 is 43.3 Å². The predicted molar refractivity (Wildman–Crippen MR) is 131 cm³/mol. The number of hydrogen-bond donors (Lipinski definition) is 1. The first-order valence-electron chi connectivity index (χ1n) is 13.5. The number of amides is 1. The zero-order valence-corrected chi connectivity index (χ0v) is 23.5. The molecule has 0 spiro atoms. The first-order valence-corrected chi connectivity index (χ1v) is 13.5. The van der Waals surface area contributed by atoms with Gasteiger partial charge >= 0.3 is 6.09 Å². The maximum atomic E-state index is 11.7. The molecular formula is C26H53IN2O3. The Morgan fingerprint density at radius 3 is 1.88 bits per heavy atom. The lowest BCUT2D eigenvalue weighted by molar-refractivity contribution is -0.917. The van der Waals surface area contributed by atoms with Crippen LogP contribution in [0.15, 0.2) is 0 Å². The summed E-state index contributed by atoms with van der Waals surface area (Å²) in [6, 6.07) is 0. The molecule has 1 rings (SSSR count). The highest BCUT2D eigenvalue weighted by Crippen LogP contribution is 2.12. The third kappa shape index (κ3) is 19.4. The van der Waals surface area contributed by atoms with Crippen LogP contribution in [0.2, 0.25) is 0 Å². The minimum absolute atomic E-state index is 0. The van der Waals surface area contributed by atoms with Crippen molar-refractivity contribution in [3.05, 3.63) is 0 Å². The van der Waals surface area contributed by atoms with Gasteiger partial charge in [-0.1, -0.05) is 84.0 Å². The van der Waals surface area contributed by atoms with Crippen molar-refractivity contribution in [1.82, 2.24) is 5.32 Å². The van der Waals surface area contributed by atoms with Crippen LogP contribution in [0.5, 0.6) is 0 Å². The Morgan fingerprint density at radius 1 is 0.781 bits per heavy atom.